The van der Waals surface area contributed by atoms with Crippen molar-refractivity contribution in [1.82, 2.24) is 15.0 Å². The van der Waals surface area contributed by atoms with Gasteiger partial charge in [0.15, 0.2) is 5.78 Å². The summed E-state index contributed by atoms with van der Waals surface area (Å²) in [6.07, 6.45) is 1.45. The van der Waals surface area contributed by atoms with E-state index in [-0.39, 0.29) is 5.78 Å². The maximum Gasteiger partial charge on any atom is 0.179 e. The van der Waals surface area contributed by atoms with E-state index in [1.807, 2.05) is 19.1 Å². The number of halogens is 1. The van der Waals surface area contributed by atoms with Crippen LogP contribution in [0.2, 0.25) is 5.02 Å². The summed E-state index contributed by atoms with van der Waals surface area (Å²) in [4.78, 5) is 11.4. The van der Waals surface area contributed by atoms with Crippen LogP contribution in [0.3, 0.4) is 0 Å². The quantitative estimate of drug-likeness (QED) is 0.751. The highest BCUT2D eigenvalue weighted by Crippen LogP contribution is 2.22. The molecule has 0 aliphatic rings. The molecule has 1 heterocycles. The van der Waals surface area contributed by atoms with Gasteiger partial charge in [0.1, 0.15) is 5.69 Å². The van der Waals surface area contributed by atoms with Crippen molar-refractivity contribution in [3.05, 3.63) is 40.7 Å². The van der Waals surface area contributed by atoms with Crippen molar-refractivity contribution in [2.24, 2.45) is 0 Å². The van der Waals surface area contributed by atoms with E-state index in [1.54, 1.807) is 6.07 Å². The highest BCUT2D eigenvalue weighted by atomic mass is 35.5. The molecule has 0 N–H and O–H groups in total. The van der Waals surface area contributed by atoms with Gasteiger partial charge in [-0.1, -0.05) is 22.9 Å². The van der Waals surface area contributed by atoms with Gasteiger partial charge in [0.25, 0.3) is 0 Å². The molecule has 5 heteroatoms. The van der Waals surface area contributed by atoms with Gasteiger partial charge in [0.2, 0.25) is 0 Å². The van der Waals surface area contributed by atoms with Crippen LogP contribution in [0, 0.1) is 6.92 Å². The lowest BCUT2D eigenvalue weighted by Crippen LogP contribution is -2.07. The number of nitrogens with zero attached hydrogens (tertiary/aromatic N) is 3. The Morgan fingerprint density at radius 2 is 2.19 bits per heavy atom. The molecule has 16 heavy (non-hydrogen) atoms. The first kappa shape index (κ1) is 10.8. The fourth-order valence-corrected chi connectivity index (χ4v) is 1.65. The van der Waals surface area contributed by atoms with Crippen molar-refractivity contribution in [1.29, 1.82) is 0 Å². The molecule has 0 saturated heterocycles. The molecule has 1 aromatic carbocycles. The standard InChI is InChI=1S/C11H10ClN3O/c1-7-9(12)4-3-5-10(7)15-11(8(2)16)6-13-14-15/h3-6H,1-2H3. The average Bonchev–Trinajstić information content (AvgIpc) is 2.70. The Morgan fingerprint density at radius 1 is 1.44 bits per heavy atom. The Hall–Kier alpha value is -1.68. The van der Waals surface area contributed by atoms with Gasteiger partial charge in [-0.05, 0) is 24.6 Å². The van der Waals surface area contributed by atoms with Crippen LogP contribution in [0.15, 0.2) is 24.4 Å². The molecule has 0 aliphatic carbocycles. The Balaban J connectivity index is 2.63. The predicted octanol–water partition coefficient (Wildman–Crippen LogP) is 2.43. The smallest absolute Gasteiger partial charge is 0.179 e. The molecule has 0 amide bonds. The van der Waals surface area contributed by atoms with Gasteiger partial charge >= 0.3 is 0 Å². The lowest BCUT2D eigenvalue weighted by atomic mass is 10.2. The van der Waals surface area contributed by atoms with E-state index in [4.69, 9.17) is 11.6 Å². The minimum atomic E-state index is -0.0793. The van der Waals surface area contributed by atoms with Gasteiger partial charge in [-0.2, -0.15) is 0 Å². The van der Waals surface area contributed by atoms with Crippen LogP contribution in [0.1, 0.15) is 23.0 Å². The molecule has 0 spiro atoms. The minimum absolute atomic E-state index is 0.0793. The first-order valence-electron chi connectivity index (χ1n) is 4.78. The number of Topliss-reactive ketones (excluding diaryl/α,β-unsaturated/α-hetero) is 1. The second-order valence-corrected chi connectivity index (χ2v) is 3.88. The van der Waals surface area contributed by atoms with Crippen LogP contribution in [-0.4, -0.2) is 20.8 Å². The summed E-state index contributed by atoms with van der Waals surface area (Å²) in [5.74, 6) is -0.0793. The Kier molecular flexibility index (Phi) is 2.75. The molecule has 0 aliphatic heterocycles. The molecule has 0 fully saturated rings. The normalized spacial score (nSPS) is 10.4. The molecular weight excluding hydrogens is 226 g/mol. The zero-order valence-corrected chi connectivity index (χ0v) is 9.69. The Morgan fingerprint density at radius 3 is 2.88 bits per heavy atom. The number of hydrogen-bond acceptors (Lipinski definition) is 3. The number of benzene rings is 1. The van der Waals surface area contributed by atoms with Crippen LogP contribution in [-0.2, 0) is 0 Å². The zero-order valence-electron chi connectivity index (χ0n) is 8.94. The SMILES string of the molecule is CC(=O)c1cnnn1-c1cccc(Cl)c1C. The minimum Gasteiger partial charge on any atom is -0.293 e. The third kappa shape index (κ3) is 1.72. The summed E-state index contributed by atoms with van der Waals surface area (Å²) in [7, 11) is 0. The summed E-state index contributed by atoms with van der Waals surface area (Å²) in [5, 5.41) is 8.28. The Labute approximate surface area is 97.8 Å². The fourth-order valence-electron chi connectivity index (χ4n) is 1.48. The van der Waals surface area contributed by atoms with E-state index < -0.39 is 0 Å². The molecule has 0 atom stereocenters. The van der Waals surface area contributed by atoms with Crippen LogP contribution in [0.4, 0.5) is 0 Å². The first-order chi connectivity index (χ1) is 7.61. The van der Waals surface area contributed by atoms with Crippen molar-refractivity contribution in [2.45, 2.75) is 13.8 Å². The number of ketones is 1. The third-order valence-corrected chi connectivity index (χ3v) is 2.79. The van der Waals surface area contributed by atoms with Gasteiger partial charge in [-0.25, -0.2) is 4.68 Å². The number of hydrogen-bond donors (Lipinski definition) is 0. The average molecular weight is 236 g/mol. The third-order valence-electron chi connectivity index (χ3n) is 2.38. The van der Waals surface area contributed by atoms with Crippen LogP contribution in [0.25, 0.3) is 5.69 Å². The molecule has 0 unspecified atom stereocenters. The molecule has 0 radical (unpaired) electrons. The second kappa shape index (κ2) is 4.06. The molecule has 1 aromatic heterocycles. The number of carbonyl (C=O) groups is 1. The van der Waals surface area contributed by atoms with Gasteiger partial charge in [-0.15, -0.1) is 5.10 Å². The number of aromatic nitrogens is 3. The summed E-state index contributed by atoms with van der Waals surface area (Å²) in [5.41, 5.74) is 2.10. The molecule has 82 valence electrons. The van der Waals surface area contributed by atoms with Crippen LogP contribution < -0.4 is 0 Å². The monoisotopic (exact) mass is 235 g/mol. The van der Waals surface area contributed by atoms with Crippen molar-refractivity contribution >= 4 is 17.4 Å². The van der Waals surface area contributed by atoms with E-state index in [1.165, 1.54) is 17.8 Å². The van der Waals surface area contributed by atoms with Crippen molar-refractivity contribution < 1.29 is 4.79 Å². The highest BCUT2D eigenvalue weighted by molar-refractivity contribution is 6.31. The molecule has 0 saturated carbocycles. The fraction of sp³-hybridized carbons (Fsp3) is 0.182. The molecule has 2 aromatic rings. The summed E-state index contributed by atoms with van der Waals surface area (Å²) >= 11 is 6.02. The summed E-state index contributed by atoms with van der Waals surface area (Å²) < 4.78 is 1.50. The van der Waals surface area contributed by atoms with E-state index in [0.717, 1.165) is 11.3 Å². The second-order valence-electron chi connectivity index (χ2n) is 3.47. The van der Waals surface area contributed by atoms with Gasteiger partial charge < -0.3 is 0 Å². The maximum atomic E-state index is 11.4. The lowest BCUT2D eigenvalue weighted by Gasteiger charge is -2.08. The molecule has 2 rings (SSSR count). The van der Waals surface area contributed by atoms with Crippen LogP contribution in [0.5, 0.6) is 0 Å². The van der Waals surface area contributed by atoms with Crippen molar-refractivity contribution in [2.75, 3.05) is 0 Å². The summed E-state index contributed by atoms with van der Waals surface area (Å²) in [6, 6.07) is 5.46. The van der Waals surface area contributed by atoms with Gasteiger partial charge in [0, 0.05) is 11.9 Å². The summed E-state index contributed by atoms with van der Waals surface area (Å²) in [6.45, 7) is 3.36. The predicted molar refractivity (Wildman–Crippen MR) is 61.1 cm³/mol. The molecule has 0 bridgehead atoms. The van der Waals surface area contributed by atoms with Gasteiger partial charge in [0.05, 0.1) is 11.9 Å². The van der Waals surface area contributed by atoms with Crippen LogP contribution >= 0.6 is 11.6 Å². The van der Waals surface area contributed by atoms with Crippen molar-refractivity contribution in [3.63, 3.8) is 0 Å². The van der Waals surface area contributed by atoms with E-state index in [2.05, 4.69) is 10.3 Å². The maximum absolute atomic E-state index is 11.4. The van der Waals surface area contributed by atoms with Gasteiger partial charge in [-0.3, -0.25) is 4.79 Å². The highest BCUT2D eigenvalue weighted by Gasteiger charge is 2.12. The topological polar surface area (TPSA) is 47.8 Å². The first-order valence-corrected chi connectivity index (χ1v) is 5.16. The lowest BCUT2D eigenvalue weighted by molar-refractivity contribution is 0.101. The Bertz CT molecular complexity index is 548. The van der Waals surface area contributed by atoms with Crippen molar-refractivity contribution in [3.8, 4) is 5.69 Å². The molecular formula is C11H10ClN3O. The molecule has 4 nitrogen and oxygen atoms in total. The number of carbonyl (C=O) groups excluding carboxylic acids is 1. The zero-order chi connectivity index (χ0) is 11.7. The van der Waals surface area contributed by atoms with E-state index in [9.17, 15) is 4.79 Å². The van der Waals surface area contributed by atoms with E-state index in [0.29, 0.717) is 10.7 Å². The largest absolute Gasteiger partial charge is 0.293 e. The number of rotatable bonds is 2. The van der Waals surface area contributed by atoms with E-state index >= 15 is 0 Å².